The Morgan fingerprint density at radius 2 is 1.96 bits per heavy atom. The maximum Gasteiger partial charge on any atom is 0.227 e. The van der Waals surface area contributed by atoms with E-state index < -0.39 is 0 Å². The highest BCUT2D eigenvalue weighted by Gasteiger charge is 2.08. The second-order valence-electron chi connectivity index (χ2n) is 7.32. The molecule has 1 aromatic heterocycles. The molecule has 1 saturated heterocycles. The van der Waals surface area contributed by atoms with Gasteiger partial charge in [0.2, 0.25) is 5.91 Å². The number of anilines is 1. The molecule has 1 aliphatic heterocycles. The van der Waals surface area contributed by atoms with E-state index in [1.165, 1.54) is 38.8 Å². The zero-order valence-electron chi connectivity index (χ0n) is 17.5. The molecule has 0 radical (unpaired) electrons. The minimum Gasteiger partial charge on any atom is -0.357 e. The molecule has 28 heavy (non-hydrogen) atoms. The van der Waals surface area contributed by atoms with Gasteiger partial charge in [-0.15, -0.1) is 0 Å². The summed E-state index contributed by atoms with van der Waals surface area (Å²) in [6.07, 6.45) is 8.58. The van der Waals surface area contributed by atoms with E-state index in [4.69, 9.17) is 0 Å². The molecule has 1 aliphatic rings. The Morgan fingerprint density at radius 1 is 1.18 bits per heavy atom. The maximum atomic E-state index is 12.0. The molecule has 7 nitrogen and oxygen atoms in total. The van der Waals surface area contributed by atoms with Gasteiger partial charge in [0.25, 0.3) is 0 Å². The van der Waals surface area contributed by atoms with Crippen LogP contribution in [0.1, 0.15) is 51.0 Å². The van der Waals surface area contributed by atoms with Gasteiger partial charge >= 0.3 is 0 Å². The summed E-state index contributed by atoms with van der Waals surface area (Å²) in [7, 11) is 0. The molecule has 3 N–H and O–H groups in total. The molecule has 0 saturated carbocycles. The molecule has 0 spiro atoms. The summed E-state index contributed by atoms with van der Waals surface area (Å²) in [6, 6.07) is 3.75. The van der Waals surface area contributed by atoms with Gasteiger partial charge in [-0.2, -0.15) is 0 Å². The number of carbonyl (C=O) groups is 1. The van der Waals surface area contributed by atoms with Gasteiger partial charge in [-0.25, -0.2) is 4.98 Å². The van der Waals surface area contributed by atoms with E-state index in [9.17, 15) is 4.79 Å². The van der Waals surface area contributed by atoms with E-state index in [-0.39, 0.29) is 5.91 Å². The van der Waals surface area contributed by atoms with Gasteiger partial charge in [0.05, 0.1) is 0 Å². The fourth-order valence-electron chi connectivity index (χ4n) is 3.23. The monoisotopic (exact) mass is 388 g/mol. The molecule has 1 fully saturated rings. The predicted molar refractivity (Wildman–Crippen MR) is 116 cm³/mol. The number of likely N-dealkylation sites (tertiary alicyclic amines) is 1. The van der Waals surface area contributed by atoms with Gasteiger partial charge in [0.15, 0.2) is 5.96 Å². The average molecular weight is 389 g/mol. The van der Waals surface area contributed by atoms with Gasteiger partial charge in [-0.3, -0.25) is 9.79 Å². The van der Waals surface area contributed by atoms with Crippen LogP contribution < -0.4 is 16.0 Å². The Kier molecular flexibility index (Phi) is 10.4. The highest BCUT2D eigenvalue weighted by molar-refractivity contribution is 5.90. The second-order valence-corrected chi connectivity index (χ2v) is 7.32. The van der Waals surface area contributed by atoms with Crippen molar-refractivity contribution >= 4 is 17.7 Å². The lowest BCUT2D eigenvalue weighted by atomic mass is 10.2. The second kappa shape index (κ2) is 13.1. The molecule has 0 unspecified atom stereocenters. The topological polar surface area (TPSA) is 81.7 Å². The minimum absolute atomic E-state index is 0.0548. The van der Waals surface area contributed by atoms with Crippen molar-refractivity contribution in [3.63, 3.8) is 0 Å². The fourth-order valence-corrected chi connectivity index (χ4v) is 3.23. The Balaban J connectivity index is 1.65. The highest BCUT2D eigenvalue weighted by atomic mass is 16.1. The molecule has 0 aliphatic carbocycles. The molecule has 0 aromatic carbocycles. The van der Waals surface area contributed by atoms with Crippen LogP contribution in [-0.4, -0.2) is 61.0 Å². The van der Waals surface area contributed by atoms with Crippen LogP contribution in [0.5, 0.6) is 0 Å². The number of nitrogens with zero attached hydrogens (tertiary/aromatic N) is 3. The van der Waals surface area contributed by atoms with Crippen LogP contribution in [0.3, 0.4) is 0 Å². The molecule has 2 heterocycles. The number of carbonyl (C=O) groups excluding carboxylic acids is 1. The average Bonchev–Trinajstić information content (AvgIpc) is 2.96. The Hall–Kier alpha value is -2.15. The number of guanidine groups is 1. The first kappa shape index (κ1) is 22.1. The smallest absolute Gasteiger partial charge is 0.227 e. The number of aromatic nitrogens is 1. The lowest BCUT2D eigenvalue weighted by Gasteiger charge is -2.19. The van der Waals surface area contributed by atoms with Crippen LogP contribution in [0.15, 0.2) is 23.3 Å². The van der Waals surface area contributed by atoms with E-state index in [1.807, 2.05) is 26.0 Å². The van der Waals surface area contributed by atoms with Crippen LogP contribution in [0.25, 0.3) is 0 Å². The molecule has 0 bridgehead atoms. The first-order chi connectivity index (χ1) is 13.7. The normalized spacial score (nSPS) is 15.7. The maximum absolute atomic E-state index is 12.0. The van der Waals surface area contributed by atoms with Gasteiger partial charge in [-0.05, 0) is 64.4 Å². The fraction of sp³-hybridized carbons (Fsp3) is 0.667. The molecule has 156 valence electrons. The largest absolute Gasteiger partial charge is 0.357 e. The standard InChI is InChI=1S/C21H36N6O/c1-3-22-21(23-12-8-16-27-14-6-4-5-7-15-27)24-13-11-20(28)26-19-10-9-18(2)17-25-19/h9-10,17H,3-8,11-16H2,1-2H3,(H2,22,23,24)(H,25,26,28). The van der Waals surface area contributed by atoms with Crippen LogP contribution in [0, 0.1) is 6.92 Å². The summed E-state index contributed by atoms with van der Waals surface area (Å²) < 4.78 is 0. The van der Waals surface area contributed by atoms with E-state index in [0.717, 1.165) is 37.6 Å². The van der Waals surface area contributed by atoms with Gasteiger partial charge in [0.1, 0.15) is 5.82 Å². The van der Waals surface area contributed by atoms with E-state index in [2.05, 4.69) is 30.8 Å². The van der Waals surface area contributed by atoms with Crippen molar-refractivity contribution in [2.24, 2.45) is 4.99 Å². The van der Waals surface area contributed by atoms with E-state index in [0.29, 0.717) is 18.8 Å². The molecule has 0 atom stereocenters. The van der Waals surface area contributed by atoms with Crippen LogP contribution >= 0.6 is 0 Å². The van der Waals surface area contributed by atoms with Crippen molar-refractivity contribution in [1.82, 2.24) is 20.5 Å². The van der Waals surface area contributed by atoms with Crippen LogP contribution in [-0.2, 0) is 4.79 Å². The third kappa shape index (κ3) is 9.17. The lowest BCUT2D eigenvalue weighted by molar-refractivity contribution is -0.116. The van der Waals surface area contributed by atoms with Crippen molar-refractivity contribution in [2.75, 3.05) is 44.6 Å². The lowest BCUT2D eigenvalue weighted by Crippen LogP contribution is -2.39. The molecular weight excluding hydrogens is 352 g/mol. The Labute approximate surface area is 169 Å². The van der Waals surface area contributed by atoms with Crippen molar-refractivity contribution in [1.29, 1.82) is 0 Å². The summed E-state index contributed by atoms with van der Waals surface area (Å²) in [6.45, 7) is 9.73. The summed E-state index contributed by atoms with van der Waals surface area (Å²) in [5.41, 5.74) is 1.07. The van der Waals surface area contributed by atoms with Gasteiger partial charge in [-0.1, -0.05) is 18.9 Å². The zero-order valence-corrected chi connectivity index (χ0v) is 17.5. The van der Waals surface area contributed by atoms with Crippen molar-refractivity contribution in [2.45, 2.75) is 52.4 Å². The summed E-state index contributed by atoms with van der Waals surface area (Å²) in [5, 5.41) is 9.29. The van der Waals surface area contributed by atoms with Crippen molar-refractivity contribution in [3.8, 4) is 0 Å². The summed E-state index contributed by atoms with van der Waals surface area (Å²) >= 11 is 0. The number of amides is 1. The third-order valence-electron chi connectivity index (χ3n) is 4.77. The number of rotatable bonds is 9. The first-order valence-corrected chi connectivity index (χ1v) is 10.6. The Morgan fingerprint density at radius 3 is 2.64 bits per heavy atom. The van der Waals surface area contributed by atoms with E-state index >= 15 is 0 Å². The van der Waals surface area contributed by atoms with E-state index in [1.54, 1.807) is 6.20 Å². The number of aliphatic imine (C=N–C) groups is 1. The Bertz CT molecular complexity index is 593. The number of pyridine rings is 1. The van der Waals surface area contributed by atoms with Crippen LogP contribution in [0.4, 0.5) is 5.82 Å². The SMILES string of the molecule is CCNC(=NCCCN1CCCCCC1)NCCC(=O)Nc1ccc(C)cn1. The quantitative estimate of drug-likeness (QED) is 0.344. The van der Waals surface area contributed by atoms with Gasteiger partial charge in [0, 0.05) is 32.3 Å². The zero-order chi connectivity index (χ0) is 20.0. The third-order valence-corrected chi connectivity index (χ3v) is 4.77. The molecule has 1 aromatic rings. The number of hydrogen-bond acceptors (Lipinski definition) is 4. The minimum atomic E-state index is -0.0548. The number of hydrogen-bond donors (Lipinski definition) is 3. The molecule has 2 rings (SSSR count). The first-order valence-electron chi connectivity index (χ1n) is 10.6. The summed E-state index contributed by atoms with van der Waals surface area (Å²) in [5.74, 6) is 1.31. The molecular formula is C21H36N6O. The van der Waals surface area contributed by atoms with Crippen molar-refractivity contribution in [3.05, 3.63) is 23.9 Å². The van der Waals surface area contributed by atoms with Gasteiger partial charge < -0.3 is 20.9 Å². The van der Waals surface area contributed by atoms with Crippen LogP contribution in [0.2, 0.25) is 0 Å². The summed E-state index contributed by atoms with van der Waals surface area (Å²) in [4.78, 5) is 23.4. The highest BCUT2D eigenvalue weighted by Crippen LogP contribution is 2.09. The number of aryl methyl sites for hydroxylation is 1. The number of nitrogens with one attached hydrogen (secondary N) is 3. The van der Waals surface area contributed by atoms with Crippen molar-refractivity contribution < 1.29 is 4.79 Å². The molecule has 7 heteroatoms. The molecule has 1 amide bonds. The predicted octanol–water partition coefficient (Wildman–Crippen LogP) is 2.54.